The quantitative estimate of drug-likeness (QED) is 0.161. The van der Waals surface area contributed by atoms with Gasteiger partial charge in [0.25, 0.3) is 0 Å². The second kappa shape index (κ2) is 14.5. The molecule has 1 aliphatic rings. The smallest absolute Gasteiger partial charge is 0.163 e. The molecule has 4 heteroatoms. The van der Waals surface area contributed by atoms with Crippen molar-refractivity contribution in [3.8, 4) is 61.8 Å². The molecule has 290 valence electrons. The van der Waals surface area contributed by atoms with E-state index in [1.54, 1.807) is 0 Å². The van der Waals surface area contributed by atoms with Crippen LogP contribution in [0.15, 0.2) is 231 Å². The molecule has 0 fully saturated rings. The summed E-state index contributed by atoms with van der Waals surface area (Å²) in [5, 5.41) is 2.41. The van der Waals surface area contributed by atoms with Gasteiger partial charge in [-0.3, -0.25) is 0 Å². The molecule has 12 rings (SSSR count). The fourth-order valence-corrected chi connectivity index (χ4v) is 9.69. The summed E-state index contributed by atoms with van der Waals surface area (Å²) in [6.07, 6.45) is 0. The van der Waals surface area contributed by atoms with Crippen LogP contribution >= 0.6 is 0 Å². The Balaban J connectivity index is 1.10. The molecule has 2 heterocycles. The number of benzene rings is 9. The number of rotatable bonds is 7. The Morgan fingerprint density at radius 1 is 0.323 bits per heavy atom. The van der Waals surface area contributed by atoms with Crippen LogP contribution in [0.3, 0.4) is 0 Å². The summed E-state index contributed by atoms with van der Waals surface area (Å²) in [6.45, 7) is 0. The lowest BCUT2D eigenvalue weighted by molar-refractivity contribution is 0.692. The van der Waals surface area contributed by atoms with Gasteiger partial charge in [0.15, 0.2) is 17.5 Å². The SMILES string of the molecule is c1ccc(-c2ccc(-c3nc(-c4cccc(-n5c6ccccc6c6ccc(-c7ccccc7)cc65)c4)nc(C4(c5ccccc5)c5ccccc5-c5ccccc54)n3)cc2)cc1. The van der Waals surface area contributed by atoms with Gasteiger partial charge in [-0.05, 0) is 74.3 Å². The zero-order chi connectivity index (χ0) is 41.0. The molecule has 0 unspecified atom stereocenters. The average Bonchev–Trinajstić information content (AvgIpc) is 3.85. The summed E-state index contributed by atoms with van der Waals surface area (Å²) >= 11 is 0. The Kier molecular flexibility index (Phi) is 8.36. The highest BCUT2D eigenvalue weighted by Crippen LogP contribution is 2.55. The third-order valence-corrected chi connectivity index (χ3v) is 12.5. The highest BCUT2D eigenvalue weighted by Gasteiger charge is 2.48. The second-order valence-corrected chi connectivity index (χ2v) is 16.0. The highest BCUT2D eigenvalue weighted by atomic mass is 15.1. The minimum atomic E-state index is -0.802. The number of hydrogen-bond donors (Lipinski definition) is 0. The van der Waals surface area contributed by atoms with E-state index >= 15 is 0 Å². The van der Waals surface area contributed by atoms with Gasteiger partial charge in [-0.15, -0.1) is 0 Å². The van der Waals surface area contributed by atoms with Crippen LogP contribution in [0.2, 0.25) is 0 Å². The molecule has 0 N–H and O–H groups in total. The molecule has 0 radical (unpaired) electrons. The third-order valence-electron chi connectivity index (χ3n) is 12.5. The van der Waals surface area contributed by atoms with E-state index in [0.29, 0.717) is 17.5 Å². The van der Waals surface area contributed by atoms with E-state index < -0.39 is 5.41 Å². The van der Waals surface area contributed by atoms with Gasteiger partial charge in [0.2, 0.25) is 0 Å². The summed E-state index contributed by atoms with van der Waals surface area (Å²) in [4.78, 5) is 16.5. The fraction of sp³-hybridized carbons (Fsp3) is 0.0172. The monoisotopic (exact) mass is 790 g/mol. The Morgan fingerprint density at radius 2 is 0.823 bits per heavy atom. The van der Waals surface area contributed by atoms with Gasteiger partial charge < -0.3 is 4.57 Å². The summed E-state index contributed by atoms with van der Waals surface area (Å²) in [5.74, 6) is 1.92. The number of aromatic nitrogens is 4. The lowest BCUT2D eigenvalue weighted by Gasteiger charge is -2.32. The van der Waals surface area contributed by atoms with Crippen molar-refractivity contribution in [1.82, 2.24) is 19.5 Å². The number of hydrogen-bond acceptors (Lipinski definition) is 3. The molecule has 0 atom stereocenters. The highest BCUT2D eigenvalue weighted by molar-refractivity contribution is 6.10. The molecule has 0 saturated carbocycles. The first-order valence-corrected chi connectivity index (χ1v) is 21.1. The minimum absolute atomic E-state index is 0.613. The van der Waals surface area contributed by atoms with E-state index in [9.17, 15) is 0 Å². The van der Waals surface area contributed by atoms with Crippen molar-refractivity contribution < 1.29 is 0 Å². The normalized spacial score (nSPS) is 12.6. The van der Waals surface area contributed by atoms with Crippen LogP contribution < -0.4 is 0 Å². The molecule has 0 amide bonds. The van der Waals surface area contributed by atoms with Gasteiger partial charge in [-0.25, -0.2) is 15.0 Å². The van der Waals surface area contributed by atoms with Crippen LogP contribution in [0.1, 0.15) is 22.5 Å². The number of fused-ring (bicyclic) bond motifs is 6. The maximum atomic E-state index is 5.59. The number of para-hydroxylation sites is 1. The first-order valence-electron chi connectivity index (χ1n) is 21.1. The molecule has 1 aliphatic carbocycles. The predicted molar refractivity (Wildman–Crippen MR) is 253 cm³/mol. The van der Waals surface area contributed by atoms with Crippen molar-refractivity contribution in [2.24, 2.45) is 0 Å². The van der Waals surface area contributed by atoms with Crippen molar-refractivity contribution in [1.29, 1.82) is 0 Å². The lowest BCUT2D eigenvalue weighted by atomic mass is 9.71. The molecular formula is C58H38N4. The van der Waals surface area contributed by atoms with E-state index in [1.807, 2.05) is 6.07 Å². The van der Waals surface area contributed by atoms with E-state index in [-0.39, 0.29) is 0 Å². The topological polar surface area (TPSA) is 43.6 Å². The first kappa shape index (κ1) is 35.7. The van der Waals surface area contributed by atoms with Crippen molar-refractivity contribution in [2.75, 3.05) is 0 Å². The van der Waals surface area contributed by atoms with E-state index in [1.165, 1.54) is 33.0 Å². The van der Waals surface area contributed by atoms with Crippen molar-refractivity contribution >= 4 is 21.8 Å². The Bertz CT molecular complexity index is 3400. The third kappa shape index (κ3) is 5.65. The molecular weight excluding hydrogens is 753 g/mol. The van der Waals surface area contributed by atoms with Crippen LogP contribution in [-0.2, 0) is 5.41 Å². The second-order valence-electron chi connectivity index (χ2n) is 16.0. The zero-order valence-corrected chi connectivity index (χ0v) is 33.7. The summed E-state index contributed by atoms with van der Waals surface area (Å²) in [5.41, 5.74) is 14.8. The van der Waals surface area contributed by atoms with Gasteiger partial charge in [0.05, 0.1) is 11.0 Å². The molecule has 62 heavy (non-hydrogen) atoms. The maximum absolute atomic E-state index is 5.59. The molecule has 0 aliphatic heterocycles. The van der Waals surface area contributed by atoms with Gasteiger partial charge in [0, 0.05) is 27.6 Å². The van der Waals surface area contributed by atoms with Crippen LogP contribution in [0.25, 0.3) is 83.6 Å². The van der Waals surface area contributed by atoms with Gasteiger partial charge in [-0.2, -0.15) is 0 Å². The molecule has 4 nitrogen and oxygen atoms in total. The van der Waals surface area contributed by atoms with Crippen LogP contribution in [0, 0.1) is 0 Å². The van der Waals surface area contributed by atoms with Gasteiger partial charge >= 0.3 is 0 Å². The predicted octanol–water partition coefficient (Wildman–Crippen LogP) is 14.0. The molecule has 11 aromatic rings. The Hall–Kier alpha value is -8.21. The molecule has 0 saturated heterocycles. The average molecular weight is 791 g/mol. The van der Waals surface area contributed by atoms with Crippen LogP contribution in [0.5, 0.6) is 0 Å². The van der Waals surface area contributed by atoms with Crippen LogP contribution in [-0.4, -0.2) is 19.5 Å². The Morgan fingerprint density at radius 3 is 1.52 bits per heavy atom. The summed E-state index contributed by atoms with van der Waals surface area (Å²) < 4.78 is 2.38. The molecule has 0 spiro atoms. The van der Waals surface area contributed by atoms with Crippen molar-refractivity contribution in [3.63, 3.8) is 0 Å². The zero-order valence-electron chi connectivity index (χ0n) is 33.7. The molecule has 9 aromatic carbocycles. The lowest BCUT2D eigenvalue weighted by Crippen LogP contribution is -2.31. The number of nitrogens with zero attached hydrogens (tertiary/aromatic N) is 4. The van der Waals surface area contributed by atoms with E-state index in [0.717, 1.165) is 55.7 Å². The van der Waals surface area contributed by atoms with Gasteiger partial charge in [-0.1, -0.05) is 206 Å². The largest absolute Gasteiger partial charge is 0.309 e. The van der Waals surface area contributed by atoms with Gasteiger partial charge in [0.1, 0.15) is 5.41 Å². The minimum Gasteiger partial charge on any atom is -0.309 e. The fourth-order valence-electron chi connectivity index (χ4n) is 9.69. The first-order chi connectivity index (χ1) is 30.7. The van der Waals surface area contributed by atoms with Crippen molar-refractivity contribution in [2.45, 2.75) is 5.41 Å². The van der Waals surface area contributed by atoms with E-state index in [4.69, 9.17) is 15.0 Å². The maximum Gasteiger partial charge on any atom is 0.163 e. The molecule has 2 aromatic heterocycles. The summed E-state index contributed by atoms with van der Waals surface area (Å²) in [6, 6.07) is 82.0. The summed E-state index contributed by atoms with van der Waals surface area (Å²) in [7, 11) is 0. The van der Waals surface area contributed by atoms with Crippen LogP contribution in [0.4, 0.5) is 0 Å². The van der Waals surface area contributed by atoms with Crippen molar-refractivity contribution in [3.05, 3.63) is 253 Å². The van der Waals surface area contributed by atoms with E-state index in [2.05, 4.69) is 229 Å². The standard InChI is InChI=1S/C58H38N4/c1-4-17-39(18-5-1)41-31-33-42(34-32-41)55-59-56(61-57(60-55)58(45-22-8-3-9-23-45)51-28-13-10-25-47(51)48-26-11-14-29-52(48)58)44-21-16-24-46(37-44)62-53-30-15-12-27-49(53)50-36-35-43(38-54(50)62)40-19-6-2-7-20-40/h1-38H. The molecule has 0 bridgehead atoms. The Labute approximate surface area is 360 Å².